The lowest BCUT2D eigenvalue weighted by Gasteiger charge is -2.25. The molecule has 0 bridgehead atoms. The van der Waals surface area contributed by atoms with Crippen LogP contribution in [0.5, 0.6) is 0 Å². The van der Waals surface area contributed by atoms with Gasteiger partial charge in [-0.3, -0.25) is 0 Å². The molecule has 7 heteroatoms. The number of halogens is 3. The van der Waals surface area contributed by atoms with Crippen molar-refractivity contribution in [2.75, 3.05) is 18.0 Å². The van der Waals surface area contributed by atoms with Gasteiger partial charge < -0.3 is 15.9 Å². The van der Waals surface area contributed by atoms with Gasteiger partial charge in [0, 0.05) is 18.8 Å². The number of rotatable bonds is 3. The lowest BCUT2D eigenvalue weighted by Crippen LogP contribution is -2.26. The molecule has 104 valence electrons. The fourth-order valence-electron chi connectivity index (χ4n) is 1.72. The molecule has 1 rings (SSSR count). The Balaban J connectivity index is 0. The van der Waals surface area contributed by atoms with E-state index in [9.17, 15) is 13.2 Å². The summed E-state index contributed by atoms with van der Waals surface area (Å²) >= 11 is 0. The van der Waals surface area contributed by atoms with Gasteiger partial charge in [-0.25, -0.2) is 0 Å². The van der Waals surface area contributed by atoms with E-state index in [2.05, 4.69) is 0 Å². The molecular weight excluding hydrogens is 246 g/mol. The molecule has 0 atom stereocenters. The molecule has 0 aromatic heterocycles. The lowest BCUT2D eigenvalue weighted by atomic mass is 9.93. The molecule has 0 heterocycles. The van der Waals surface area contributed by atoms with Crippen LogP contribution in [0, 0.1) is 0 Å². The summed E-state index contributed by atoms with van der Waals surface area (Å²) in [6.45, 7) is 4.85. The maximum absolute atomic E-state index is 12.8. The molecule has 0 amide bonds. The van der Waals surface area contributed by atoms with E-state index in [1.165, 1.54) is 6.07 Å². The normalized spacial score (nSPS) is 10.3. The summed E-state index contributed by atoms with van der Waals surface area (Å²) in [5.41, 5.74) is 0.350. The largest absolute Gasteiger partial charge is 0.418 e. The second-order valence-electron chi connectivity index (χ2n) is 3.69. The molecule has 0 unspecified atom stereocenters. The van der Waals surface area contributed by atoms with Crippen molar-refractivity contribution in [1.29, 1.82) is 0 Å². The van der Waals surface area contributed by atoms with Gasteiger partial charge >= 0.3 is 6.18 Å². The van der Waals surface area contributed by atoms with E-state index in [1.54, 1.807) is 24.9 Å². The molecule has 0 aliphatic rings. The quantitative estimate of drug-likeness (QED) is 0.718. The fraction of sp³-hybridized carbons (Fsp3) is 0.455. The minimum absolute atomic E-state index is 0. The van der Waals surface area contributed by atoms with Crippen LogP contribution in [0.4, 0.5) is 18.9 Å². The Bertz CT molecular complexity index is 368. The molecule has 1 aromatic rings. The van der Waals surface area contributed by atoms with Crippen molar-refractivity contribution in [3.05, 3.63) is 23.8 Å². The molecule has 0 spiro atoms. The molecule has 4 N–H and O–H groups in total. The summed E-state index contributed by atoms with van der Waals surface area (Å²) < 4.78 is 38.5. The van der Waals surface area contributed by atoms with Crippen molar-refractivity contribution in [1.82, 2.24) is 0 Å². The van der Waals surface area contributed by atoms with Crippen LogP contribution in [0.3, 0.4) is 0 Å². The van der Waals surface area contributed by atoms with Crippen LogP contribution in [0.25, 0.3) is 0 Å². The van der Waals surface area contributed by atoms with E-state index in [0.717, 1.165) is 0 Å². The number of anilines is 1. The van der Waals surface area contributed by atoms with Crippen LogP contribution in [-0.2, 0) is 6.18 Å². The molecule has 0 fully saturated rings. The van der Waals surface area contributed by atoms with Crippen molar-refractivity contribution in [3.8, 4) is 0 Å². The molecule has 1 aromatic carbocycles. The van der Waals surface area contributed by atoms with Gasteiger partial charge in [0.2, 0.25) is 0 Å². The van der Waals surface area contributed by atoms with E-state index in [0.29, 0.717) is 18.6 Å². The van der Waals surface area contributed by atoms with Gasteiger partial charge in [-0.1, -0.05) is 17.6 Å². The van der Waals surface area contributed by atoms with Crippen LogP contribution in [0.2, 0.25) is 0 Å². The van der Waals surface area contributed by atoms with Crippen molar-refractivity contribution in [3.63, 3.8) is 0 Å². The average molecular weight is 265 g/mol. The first-order valence-corrected chi connectivity index (χ1v) is 5.33. The first-order valence-electron chi connectivity index (χ1n) is 5.33. The summed E-state index contributed by atoms with van der Waals surface area (Å²) in [6, 6.07) is 4.46. The van der Waals surface area contributed by atoms with Gasteiger partial charge in [0.15, 0.2) is 0 Å². The van der Waals surface area contributed by atoms with E-state index in [1.807, 2.05) is 13.8 Å². The number of benzene rings is 1. The molecular formula is C11H19BF3NO2. The van der Waals surface area contributed by atoms with Crippen LogP contribution in [0.15, 0.2) is 18.2 Å². The zero-order valence-electron chi connectivity index (χ0n) is 10.7. The van der Waals surface area contributed by atoms with Crippen molar-refractivity contribution in [2.45, 2.75) is 20.0 Å². The predicted octanol–water partition coefficient (Wildman–Crippen LogP) is 0.161. The number of alkyl halides is 3. The van der Waals surface area contributed by atoms with E-state index < -0.39 is 11.7 Å². The highest BCUT2D eigenvalue weighted by atomic mass is 19.4. The van der Waals surface area contributed by atoms with Gasteiger partial charge in [0.1, 0.15) is 7.85 Å². The lowest BCUT2D eigenvalue weighted by molar-refractivity contribution is -0.137. The molecule has 0 aliphatic carbocycles. The van der Waals surface area contributed by atoms with Crippen molar-refractivity contribution >= 4 is 19.0 Å². The third kappa shape index (κ3) is 4.23. The topological polar surface area (TPSA) is 66.2 Å². The fourth-order valence-corrected chi connectivity index (χ4v) is 1.72. The van der Waals surface area contributed by atoms with Gasteiger partial charge in [0.05, 0.1) is 5.56 Å². The van der Waals surface area contributed by atoms with Crippen LogP contribution in [0.1, 0.15) is 19.4 Å². The summed E-state index contributed by atoms with van der Waals surface area (Å²) in [7, 11) is 1.67. The van der Waals surface area contributed by atoms with Crippen molar-refractivity contribution < 1.29 is 24.1 Å². The maximum atomic E-state index is 12.8. The summed E-state index contributed by atoms with van der Waals surface area (Å²) in [4.78, 5) is 1.71. The Morgan fingerprint density at radius 2 is 1.61 bits per heavy atom. The Morgan fingerprint density at radius 3 is 2.00 bits per heavy atom. The highest BCUT2D eigenvalue weighted by Crippen LogP contribution is 2.35. The van der Waals surface area contributed by atoms with Crippen LogP contribution in [-0.4, -0.2) is 31.9 Å². The third-order valence-electron chi connectivity index (χ3n) is 2.56. The second-order valence-corrected chi connectivity index (χ2v) is 3.69. The van der Waals surface area contributed by atoms with Gasteiger partial charge in [-0.15, -0.1) is 0 Å². The smallest absolute Gasteiger partial charge is 0.412 e. The summed E-state index contributed by atoms with van der Waals surface area (Å²) in [5.74, 6) is 0. The Labute approximate surface area is 106 Å². The maximum Gasteiger partial charge on any atom is 0.418 e. The number of nitrogens with zero attached hydrogens (tertiary/aromatic N) is 1. The van der Waals surface area contributed by atoms with E-state index >= 15 is 0 Å². The Hall–Kier alpha value is -1.21. The standard InChI is InChI=1S/C11H15BF3N.2H2O/c1-3-16(4-2)10-6-5-8(12)7-9(10)11(13,14)15;;/h5-7H,3-4,12H2,1-2H3;2*1H2. The first-order chi connectivity index (χ1) is 7.40. The Kier molecular flexibility index (Phi) is 7.74. The van der Waals surface area contributed by atoms with Gasteiger partial charge in [0.25, 0.3) is 0 Å². The van der Waals surface area contributed by atoms with Crippen molar-refractivity contribution in [2.24, 2.45) is 0 Å². The van der Waals surface area contributed by atoms with Gasteiger partial charge in [-0.2, -0.15) is 13.2 Å². The van der Waals surface area contributed by atoms with Gasteiger partial charge in [-0.05, 0) is 19.9 Å². The zero-order chi connectivity index (χ0) is 12.3. The zero-order valence-corrected chi connectivity index (χ0v) is 10.7. The molecule has 0 saturated heterocycles. The van der Waals surface area contributed by atoms with E-state index in [-0.39, 0.29) is 16.6 Å². The monoisotopic (exact) mass is 265 g/mol. The second kappa shape index (κ2) is 7.28. The molecule has 3 nitrogen and oxygen atoms in total. The van der Waals surface area contributed by atoms with Crippen LogP contribution >= 0.6 is 0 Å². The minimum Gasteiger partial charge on any atom is -0.412 e. The number of hydrogen-bond donors (Lipinski definition) is 0. The summed E-state index contributed by atoms with van der Waals surface area (Å²) in [6.07, 6.45) is -4.29. The highest BCUT2D eigenvalue weighted by molar-refractivity contribution is 6.32. The molecule has 0 aliphatic heterocycles. The predicted molar refractivity (Wildman–Crippen MR) is 70.4 cm³/mol. The number of hydrogen-bond acceptors (Lipinski definition) is 1. The Morgan fingerprint density at radius 1 is 1.11 bits per heavy atom. The SMILES string of the molecule is Bc1ccc(N(CC)CC)c(C(F)(F)F)c1.O.O. The molecule has 0 saturated carbocycles. The molecule has 0 radical (unpaired) electrons. The van der Waals surface area contributed by atoms with Crippen LogP contribution < -0.4 is 10.4 Å². The average Bonchev–Trinajstić information content (AvgIpc) is 2.20. The highest BCUT2D eigenvalue weighted by Gasteiger charge is 2.34. The molecule has 18 heavy (non-hydrogen) atoms. The van der Waals surface area contributed by atoms with E-state index in [4.69, 9.17) is 0 Å². The first kappa shape index (κ1) is 19.1. The minimum atomic E-state index is -4.29. The third-order valence-corrected chi connectivity index (χ3v) is 2.56. The summed E-state index contributed by atoms with van der Waals surface area (Å²) in [5, 5.41) is 0.